The Morgan fingerprint density at radius 3 is 2.47 bits per heavy atom. The van der Waals surface area contributed by atoms with E-state index in [4.69, 9.17) is 0 Å². The maximum atomic E-state index is 4.34. The van der Waals surface area contributed by atoms with Crippen LogP contribution in [0.4, 0.5) is 5.95 Å². The highest BCUT2D eigenvalue weighted by atomic mass is 79.9. The third kappa shape index (κ3) is 3.53. The fourth-order valence-electron chi connectivity index (χ4n) is 1.63. The molecule has 0 saturated heterocycles. The van der Waals surface area contributed by atoms with Gasteiger partial charge in [-0.15, -0.1) is 0 Å². The minimum atomic E-state index is 0.683. The Morgan fingerprint density at radius 1 is 1.12 bits per heavy atom. The van der Waals surface area contributed by atoms with Gasteiger partial charge in [-0.05, 0) is 37.6 Å². The van der Waals surface area contributed by atoms with Crippen molar-refractivity contribution in [2.75, 3.05) is 5.32 Å². The molecule has 0 amide bonds. The summed E-state index contributed by atoms with van der Waals surface area (Å²) < 4.78 is 1.08. The van der Waals surface area contributed by atoms with Gasteiger partial charge in [0.25, 0.3) is 0 Å². The zero-order valence-corrected chi connectivity index (χ0v) is 11.5. The van der Waals surface area contributed by atoms with E-state index in [0.29, 0.717) is 5.95 Å². The Kier molecular flexibility index (Phi) is 3.74. The molecule has 1 aromatic carbocycles. The number of rotatable bonds is 3. The fraction of sp³-hybridized carbons (Fsp3) is 0.231. The molecular formula is C13H14BrN3. The maximum Gasteiger partial charge on any atom is 0.223 e. The van der Waals surface area contributed by atoms with Crippen LogP contribution in [0.3, 0.4) is 0 Å². The van der Waals surface area contributed by atoms with Gasteiger partial charge in [0.1, 0.15) is 0 Å². The van der Waals surface area contributed by atoms with Crippen molar-refractivity contribution in [3.05, 3.63) is 51.8 Å². The summed E-state index contributed by atoms with van der Waals surface area (Å²) in [7, 11) is 0. The standard InChI is InChI=1S/C13H14BrN3/c1-9-6-10(2)17-13(16-9)15-8-11-4-3-5-12(14)7-11/h3-7H,8H2,1-2H3,(H,15,16,17). The molecule has 17 heavy (non-hydrogen) atoms. The summed E-state index contributed by atoms with van der Waals surface area (Å²) in [6, 6.07) is 10.1. The summed E-state index contributed by atoms with van der Waals surface area (Å²) >= 11 is 3.45. The van der Waals surface area contributed by atoms with Gasteiger partial charge in [0, 0.05) is 22.4 Å². The van der Waals surface area contributed by atoms with E-state index >= 15 is 0 Å². The third-order valence-corrected chi connectivity index (χ3v) is 2.82. The van der Waals surface area contributed by atoms with Gasteiger partial charge >= 0.3 is 0 Å². The van der Waals surface area contributed by atoms with E-state index in [1.807, 2.05) is 32.0 Å². The molecule has 1 aromatic heterocycles. The highest BCUT2D eigenvalue weighted by Crippen LogP contribution is 2.12. The molecule has 0 bridgehead atoms. The molecule has 2 rings (SSSR count). The molecule has 4 heteroatoms. The molecule has 1 heterocycles. The molecule has 0 aliphatic carbocycles. The normalized spacial score (nSPS) is 10.3. The van der Waals surface area contributed by atoms with Crippen molar-refractivity contribution in [2.24, 2.45) is 0 Å². The molecule has 1 N–H and O–H groups in total. The predicted molar refractivity (Wildman–Crippen MR) is 73.0 cm³/mol. The van der Waals surface area contributed by atoms with Crippen LogP contribution in [0.15, 0.2) is 34.8 Å². The summed E-state index contributed by atoms with van der Waals surface area (Å²) in [5.74, 6) is 0.683. The van der Waals surface area contributed by atoms with Crippen molar-refractivity contribution in [2.45, 2.75) is 20.4 Å². The van der Waals surface area contributed by atoms with Crippen LogP contribution in [0, 0.1) is 13.8 Å². The smallest absolute Gasteiger partial charge is 0.223 e. The topological polar surface area (TPSA) is 37.8 Å². The van der Waals surface area contributed by atoms with Crippen LogP contribution in [0.1, 0.15) is 17.0 Å². The lowest BCUT2D eigenvalue weighted by molar-refractivity contribution is 1.00. The first kappa shape index (κ1) is 12.0. The van der Waals surface area contributed by atoms with Gasteiger partial charge < -0.3 is 5.32 Å². The van der Waals surface area contributed by atoms with Gasteiger partial charge in [-0.3, -0.25) is 0 Å². The third-order valence-electron chi connectivity index (χ3n) is 2.32. The number of hydrogen-bond donors (Lipinski definition) is 1. The van der Waals surface area contributed by atoms with Crippen molar-refractivity contribution in [3.8, 4) is 0 Å². The van der Waals surface area contributed by atoms with E-state index in [0.717, 1.165) is 22.4 Å². The van der Waals surface area contributed by atoms with Gasteiger partial charge in [0.2, 0.25) is 5.95 Å². The number of aromatic nitrogens is 2. The number of hydrogen-bond acceptors (Lipinski definition) is 3. The Balaban J connectivity index is 2.07. The van der Waals surface area contributed by atoms with Crippen LogP contribution in [0.25, 0.3) is 0 Å². The average molecular weight is 292 g/mol. The number of nitrogens with zero attached hydrogens (tertiary/aromatic N) is 2. The Hall–Kier alpha value is -1.42. The van der Waals surface area contributed by atoms with Gasteiger partial charge in [0.15, 0.2) is 0 Å². The van der Waals surface area contributed by atoms with Crippen molar-refractivity contribution >= 4 is 21.9 Å². The fourth-order valence-corrected chi connectivity index (χ4v) is 2.08. The van der Waals surface area contributed by atoms with Gasteiger partial charge in [-0.25, -0.2) is 9.97 Å². The first-order chi connectivity index (χ1) is 8.13. The van der Waals surface area contributed by atoms with E-state index in [-0.39, 0.29) is 0 Å². The van der Waals surface area contributed by atoms with Crippen molar-refractivity contribution in [1.82, 2.24) is 9.97 Å². The highest BCUT2D eigenvalue weighted by molar-refractivity contribution is 9.10. The van der Waals surface area contributed by atoms with E-state index in [2.05, 4.69) is 43.3 Å². The Bertz CT molecular complexity index is 506. The number of halogens is 1. The first-order valence-electron chi connectivity index (χ1n) is 5.44. The second-order valence-corrected chi connectivity index (χ2v) is 4.87. The van der Waals surface area contributed by atoms with Crippen LogP contribution >= 0.6 is 15.9 Å². The minimum Gasteiger partial charge on any atom is -0.350 e. The molecule has 0 aliphatic rings. The van der Waals surface area contributed by atoms with Gasteiger partial charge in [-0.1, -0.05) is 28.1 Å². The molecule has 0 saturated carbocycles. The zero-order valence-electron chi connectivity index (χ0n) is 9.87. The van der Waals surface area contributed by atoms with Crippen molar-refractivity contribution in [1.29, 1.82) is 0 Å². The van der Waals surface area contributed by atoms with E-state index in [9.17, 15) is 0 Å². The second kappa shape index (κ2) is 5.27. The quantitative estimate of drug-likeness (QED) is 0.941. The molecule has 0 spiro atoms. The zero-order chi connectivity index (χ0) is 12.3. The number of anilines is 1. The first-order valence-corrected chi connectivity index (χ1v) is 6.23. The van der Waals surface area contributed by atoms with Crippen LogP contribution in [-0.2, 0) is 6.54 Å². The van der Waals surface area contributed by atoms with E-state index in [1.165, 1.54) is 5.56 Å². The molecule has 3 nitrogen and oxygen atoms in total. The molecule has 0 fully saturated rings. The predicted octanol–water partition coefficient (Wildman–Crippen LogP) is 3.47. The van der Waals surface area contributed by atoms with E-state index < -0.39 is 0 Å². The molecule has 0 unspecified atom stereocenters. The highest BCUT2D eigenvalue weighted by Gasteiger charge is 1.99. The summed E-state index contributed by atoms with van der Waals surface area (Å²) in [5.41, 5.74) is 3.16. The molecule has 2 aromatic rings. The summed E-state index contributed by atoms with van der Waals surface area (Å²) in [6.45, 7) is 4.67. The molecule has 88 valence electrons. The largest absolute Gasteiger partial charge is 0.350 e. The Morgan fingerprint density at radius 2 is 1.82 bits per heavy atom. The van der Waals surface area contributed by atoms with Crippen LogP contribution < -0.4 is 5.32 Å². The van der Waals surface area contributed by atoms with Crippen molar-refractivity contribution in [3.63, 3.8) is 0 Å². The van der Waals surface area contributed by atoms with Gasteiger partial charge in [0.05, 0.1) is 0 Å². The molecule has 0 radical (unpaired) electrons. The lowest BCUT2D eigenvalue weighted by atomic mass is 10.2. The van der Waals surface area contributed by atoms with Crippen LogP contribution in [0.5, 0.6) is 0 Å². The summed E-state index contributed by atoms with van der Waals surface area (Å²) in [6.07, 6.45) is 0. The second-order valence-electron chi connectivity index (χ2n) is 3.96. The lowest BCUT2D eigenvalue weighted by Crippen LogP contribution is -2.05. The van der Waals surface area contributed by atoms with Crippen LogP contribution in [-0.4, -0.2) is 9.97 Å². The van der Waals surface area contributed by atoms with E-state index in [1.54, 1.807) is 0 Å². The van der Waals surface area contributed by atoms with Gasteiger partial charge in [-0.2, -0.15) is 0 Å². The number of nitrogens with one attached hydrogen (secondary N) is 1. The Labute approximate surface area is 109 Å². The number of benzene rings is 1. The average Bonchev–Trinajstić information content (AvgIpc) is 2.25. The lowest BCUT2D eigenvalue weighted by Gasteiger charge is -2.06. The van der Waals surface area contributed by atoms with Crippen LogP contribution in [0.2, 0.25) is 0 Å². The van der Waals surface area contributed by atoms with Crippen molar-refractivity contribution < 1.29 is 0 Å². The summed E-state index contributed by atoms with van der Waals surface area (Å²) in [5, 5.41) is 3.23. The SMILES string of the molecule is Cc1cc(C)nc(NCc2cccc(Br)c2)n1. The maximum absolute atomic E-state index is 4.34. The molecular weight excluding hydrogens is 278 g/mol. The number of aryl methyl sites for hydroxylation is 2. The molecule has 0 aliphatic heterocycles. The summed E-state index contributed by atoms with van der Waals surface area (Å²) in [4.78, 5) is 8.68. The molecule has 0 atom stereocenters. The monoisotopic (exact) mass is 291 g/mol. The minimum absolute atomic E-state index is 0.683.